The summed E-state index contributed by atoms with van der Waals surface area (Å²) in [5.74, 6) is 0.679. The molecule has 0 fully saturated rings. The van der Waals surface area contributed by atoms with Gasteiger partial charge in [0.2, 0.25) is 11.8 Å². The predicted octanol–water partition coefficient (Wildman–Crippen LogP) is 4.08. The van der Waals surface area contributed by atoms with Gasteiger partial charge in [0.05, 0.1) is 5.75 Å². The highest BCUT2D eigenvalue weighted by Gasteiger charge is 2.21. The molecule has 0 saturated heterocycles. The Hall–Kier alpha value is -3.20. The van der Waals surface area contributed by atoms with E-state index in [2.05, 4.69) is 25.8 Å². The Kier molecular flexibility index (Phi) is 7.06. The summed E-state index contributed by atoms with van der Waals surface area (Å²) in [7, 11) is 0. The number of nitrogens with one attached hydrogen (secondary N) is 2. The van der Waals surface area contributed by atoms with Crippen molar-refractivity contribution < 1.29 is 9.59 Å². The first kappa shape index (κ1) is 22.5. The molecule has 2 aromatic heterocycles. The summed E-state index contributed by atoms with van der Waals surface area (Å²) in [5.41, 5.74) is 1.68. The maximum atomic E-state index is 12.5. The van der Waals surface area contributed by atoms with Crippen molar-refractivity contribution >= 4 is 35.0 Å². The number of carbonyl (C=O) groups is 2. The maximum absolute atomic E-state index is 12.5. The number of nitrogens with zero attached hydrogens (tertiary/aromatic N) is 4. The monoisotopic (exact) mass is 438 g/mol. The zero-order chi connectivity index (χ0) is 22.4. The Bertz CT molecular complexity index is 1060. The third-order valence-corrected chi connectivity index (χ3v) is 5.36. The van der Waals surface area contributed by atoms with Crippen LogP contribution in [0.15, 0.2) is 53.9 Å². The quantitative estimate of drug-likeness (QED) is 0.539. The van der Waals surface area contributed by atoms with Gasteiger partial charge in [-0.05, 0) is 37.3 Å². The standard InChI is InChI=1S/C22H26N6O2S/c1-5-28-19(15-9-11-23-12-10-15)26-27-21(28)31-14-18(29)24-16-7-6-8-17(13-16)25-20(30)22(2,3)4/h6-13H,5,14H2,1-4H3,(H,24,29)(H,25,30). The van der Waals surface area contributed by atoms with Crippen molar-refractivity contribution in [3.8, 4) is 11.4 Å². The minimum absolute atomic E-state index is 0.0876. The average molecular weight is 439 g/mol. The Morgan fingerprint density at radius 3 is 2.35 bits per heavy atom. The van der Waals surface area contributed by atoms with Gasteiger partial charge in [-0.3, -0.25) is 14.6 Å². The third-order valence-electron chi connectivity index (χ3n) is 4.39. The highest BCUT2D eigenvalue weighted by Crippen LogP contribution is 2.24. The first-order valence-electron chi connectivity index (χ1n) is 9.95. The number of rotatable bonds is 7. The molecule has 0 atom stereocenters. The first-order chi connectivity index (χ1) is 14.8. The van der Waals surface area contributed by atoms with E-state index in [1.165, 1.54) is 11.8 Å². The molecule has 3 rings (SSSR count). The minimum atomic E-state index is -0.500. The second-order valence-corrected chi connectivity index (χ2v) is 8.85. The molecule has 2 N–H and O–H groups in total. The van der Waals surface area contributed by atoms with Gasteiger partial charge in [0.25, 0.3) is 0 Å². The van der Waals surface area contributed by atoms with Gasteiger partial charge >= 0.3 is 0 Å². The second-order valence-electron chi connectivity index (χ2n) is 7.91. The van der Waals surface area contributed by atoms with Gasteiger partial charge in [-0.1, -0.05) is 38.6 Å². The van der Waals surface area contributed by atoms with E-state index in [4.69, 9.17) is 0 Å². The van der Waals surface area contributed by atoms with E-state index in [9.17, 15) is 9.59 Å². The number of amides is 2. The second kappa shape index (κ2) is 9.74. The molecule has 1 aromatic carbocycles. The normalized spacial score (nSPS) is 11.2. The van der Waals surface area contributed by atoms with Crippen molar-refractivity contribution in [2.45, 2.75) is 39.4 Å². The molecular weight excluding hydrogens is 412 g/mol. The number of anilines is 2. The highest BCUT2D eigenvalue weighted by atomic mass is 32.2. The minimum Gasteiger partial charge on any atom is -0.326 e. The molecule has 0 unspecified atom stereocenters. The van der Waals surface area contributed by atoms with Gasteiger partial charge < -0.3 is 15.2 Å². The third kappa shape index (κ3) is 5.91. The van der Waals surface area contributed by atoms with Crippen molar-refractivity contribution in [1.29, 1.82) is 0 Å². The summed E-state index contributed by atoms with van der Waals surface area (Å²) in [6, 6.07) is 10.9. The molecule has 3 aromatic rings. The molecule has 0 saturated carbocycles. The molecule has 31 heavy (non-hydrogen) atoms. The number of benzene rings is 1. The summed E-state index contributed by atoms with van der Waals surface area (Å²) >= 11 is 1.32. The SMILES string of the molecule is CCn1c(SCC(=O)Nc2cccc(NC(=O)C(C)(C)C)c2)nnc1-c1ccncc1. The van der Waals surface area contributed by atoms with Gasteiger partial charge in [0.15, 0.2) is 11.0 Å². The number of pyridine rings is 1. The largest absolute Gasteiger partial charge is 0.326 e. The maximum Gasteiger partial charge on any atom is 0.234 e. The molecule has 0 aliphatic rings. The van der Waals surface area contributed by atoms with E-state index in [0.717, 1.165) is 11.4 Å². The van der Waals surface area contributed by atoms with E-state index >= 15 is 0 Å². The fraction of sp³-hybridized carbons (Fsp3) is 0.318. The van der Waals surface area contributed by atoms with Gasteiger partial charge in [-0.15, -0.1) is 10.2 Å². The van der Waals surface area contributed by atoms with Gasteiger partial charge in [-0.25, -0.2) is 0 Å². The van der Waals surface area contributed by atoms with E-state index in [-0.39, 0.29) is 17.6 Å². The first-order valence-corrected chi connectivity index (χ1v) is 10.9. The molecular formula is C22H26N6O2S. The van der Waals surface area contributed by atoms with Crippen molar-refractivity contribution in [3.63, 3.8) is 0 Å². The lowest BCUT2D eigenvalue weighted by Crippen LogP contribution is -2.27. The number of aromatic nitrogens is 4. The van der Waals surface area contributed by atoms with Crippen molar-refractivity contribution in [1.82, 2.24) is 19.7 Å². The zero-order valence-electron chi connectivity index (χ0n) is 18.0. The summed E-state index contributed by atoms with van der Waals surface area (Å²) < 4.78 is 1.97. The van der Waals surface area contributed by atoms with Gasteiger partial charge in [0, 0.05) is 41.3 Å². The van der Waals surface area contributed by atoms with Crippen molar-refractivity contribution in [2.75, 3.05) is 16.4 Å². The predicted molar refractivity (Wildman–Crippen MR) is 123 cm³/mol. The lowest BCUT2D eigenvalue weighted by atomic mass is 9.95. The van der Waals surface area contributed by atoms with Crippen LogP contribution in [0.3, 0.4) is 0 Å². The molecule has 0 aliphatic carbocycles. The van der Waals surface area contributed by atoms with Crippen molar-refractivity contribution in [3.05, 3.63) is 48.8 Å². The smallest absolute Gasteiger partial charge is 0.234 e. The lowest BCUT2D eigenvalue weighted by molar-refractivity contribution is -0.123. The zero-order valence-corrected chi connectivity index (χ0v) is 18.9. The molecule has 0 radical (unpaired) electrons. The average Bonchev–Trinajstić information content (AvgIpc) is 3.15. The van der Waals surface area contributed by atoms with Crippen LogP contribution in [0.2, 0.25) is 0 Å². The lowest BCUT2D eigenvalue weighted by Gasteiger charge is -2.18. The Morgan fingerprint density at radius 2 is 1.71 bits per heavy atom. The fourth-order valence-corrected chi connectivity index (χ4v) is 3.52. The molecule has 0 spiro atoms. The molecule has 162 valence electrons. The Morgan fingerprint density at radius 1 is 1.03 bits per heavy atom. The number of thioether (sulfide) groups is 1. The highest BCUT2D eigenvalue weighted by molar-refractivity contribution is 7.99. The number of hydrogen-bond acceptors (Lipinski definition) is 6. The summed E-state index contributed by atoms with van der Waals surface area (Å²) in [5, 5.41) is 14.9. The van der Waals surface area contributed by atoms with Gasteiger partial charge in [-0.2, -0.15) is 0 Å². The van der Waals surface area contributed by atoms with Crippen LogP contribution in [0.4, 0.5) is 11.4 Å². The van der Waals surface area contributed by atoms with Crippen molar-refractivity contribution in [2.24, 2.45) is 5.41 Å². The van der Waals surface area contributed by atoms with Crippen LogP contribution in [-0.2, 0) is 16.1 Å². The summed E-state index contributed by atoms with van der Waals surface area (Å²) in [4.78, 5) is 28.7. The van der Waals surface area contributed by atoms with Crippen LogP contribution >= 0.6 is 11.8 Å². The van der Waals surface area contributed by atoms with E-state index in [1.807, 2.05) is 44.4 Å². The summed E-state index contributed by atoms with van der Waals surface area (Å²) in [6.07, 6.45) is 3.42. The molecule has 2 heterocycles. The van der Waals surface area contributed by atoms with Gasteiger partial charge in [0.1, 0.15) is 0 Å². The molecule has 0 bridgehead atoms. The molecule has 8 nitrogen and oxygen atoms in total. The molecule has 2 amide bonds. The van der Waals surface area contributed by atoms with Crippen LogP contribution < -0.4 is 10.6 Å². The van der Waals surface area contributed by atoms with E-state index in [0.29, 0.717) is 23.1 Å². The van der Waals surface area contributed by atoms with Crippen LogP contribution in [0.1, 0.15) is 27.7 Å². The van der Waals surface area contributed by atoms with E-state index in [1.54, 1.807) is 36.7 Å². The van der Waals surface area contributed by atoms with Crippen LogP contribution in [0.5, 0.6) is 0 Å². The number of carbonyl (C=O) groups excluding carboxylic acids is 2. The molecule has 9 heteroatoms. The molecule has 0 aliphatic heterocycles. The van der Waals surface area contributed by atoms with Crippen LogP contribution in [0, 0.1) is 5.41 Å². The number of hydrogen-bond donors (Lipinski definition) is 2. The summed E-state index contributed by atoms with van der Waals surface area (Å²) in [6.45, 7) is 8.24. The van der Waals surface area contributed by atoms with Crippen LogP contribution in [0.25, 0.3) is 11.4 Å². The topological polar surface area (TPSA) is 102 Å². The Balaban J connectivity index is 1.62. The Labute approximate surface area is 185 Å². The fourth-order valence-electron chi connectivity index (χ4n) is 2.72. The van der Waals surface area contributed by atoms with Crippen LogP contribution in [-0.4, -0.2) is 37.3 Å². The van der Waals surface area contributed by atoms with E-state index < -0.39 is 5.41 Å².